The lowest BCUT2D eigenvalue weighted by Crippen LogP contribution is -2.50. The molecule has 2 amide bonds. The Balaban J connectivity index is 2.01. The quantitative estimate of drug-likeness (QED) is 0.276. The smallest absolute Gasteiger partial charge is 0.366 e. The number of carbonyl (C=O) groups is 2. The zero-order valence-corrected chi connectivity index (χ0v) is 21.0. The molecule has 0 heterocycles. The van der Waals surface area contributed by atoms with Gasteiger partial charge in [-0.1, -0.05) is 24.3 Å². The Kier molecular flexibility index (Phi) is 7.76. The normalized spacial score (nSPS) is 12.4. The van der Waals surface area contributed by atoms with E-state index < -0.39 is 55.7 Å². The van der Waals surface area contributed by atoms with Crippen molar-refractivity contribution in [1.29, 1.82) is 0 Å². The van der Waals surface area contributed by atoms with Crippen molar-refractivity contribution in [1.82, 2.24) is 0 Å². The second-order valence-electron chi connectivity index (χ2n) is 7.54. The van der Waals surface area contributed by atoms with E-state index in [4.69, 9.17) is 5.73 Å². The summed E-state index contributed by atoms with van der Waals surface area (Å²) in [7, 11) is 0. The molecule has 196 valence electrons. The summed E-state index contributed by atoms with van der Waals surface area (Å²) in [5.74, 6) is -2.94. The molecule has 4 nitrogen and oxygen atoms in total. The van der Waals surface area contributed by atoms with E-state index >= 15 is 4.39 Å². The third-order valence-electron chi connectivity index (χ3n) is 5.16. The lowest BCUT2D eigenvalue weighted by atomic mass is 9.94. The molecule has 0 unspecified atom stereocenters. The van der Waals surface area contributed by atoms with Gasteiger partial charge in [-0.25, -0.2) is 8.78 Å². The van der Waals surface area contributed by atoms with Gasteiger partial charge in [0.05, 0.1) is 11.3 Å². The number of anilines is 1. The predicted molar refractivity (Wildman–Crippen MR) is 125 cm³/mol. The Labute approximate surface area is 220 Å². The van der Waals surface area contributed by atoms with E-state index in [1.165, 1.54) is 36.4 Å². The fraction of sp³-hybridized carbons (Fsp3) is 0.130. The van der Waals surface area contributed by atoms with Gasteiger partial charge in [-0.15, -0.1) is 0 Å². The van der Waals surface area contributed by atoms with E-state index in [1.807, 2.05) is 0 Å². The number of carbonyl (C=O) groups excluding carboxylic acids is 2. The van der Waals surface area contributed by atoms with Crippen LogP contribution in [0.3, 0.4) is 0 Å². The van der Waals surface area contributed by atoms with Crippen molar-refractivity contribution in [3.63, 3.8) is 0 Å². The van der Waals surface area contributed by atoms with Gasteiger partial charge in [0.15, 0.2) is 0 Å². The third-order valence-corrected chi connectivity index (χ3v) is 6.41. The average molecular weight is 660 g/mol. The van der Waals surface area contributed by atoms with Gasteiger partial charge in [-0.05, 0) is 67.8 Å². The molecule has 3 N–H and O–H groups in total. The van der Waals surface area contributed by atoms with Gasteiger partial charge in [0, 0.05) is 25.6 Å². The summed E-state index contributed by atoms with van der Waals surface area (Å²) in [6.07, 6.45) is -12.7. The summed E-state index contributed by atoms with van der Waals surface area (Å²) in [5, 5.41) is 2.17. The van der Waals surface area contributed by atoms with Gasteiger partial charge in [0.1, 0.15) is 5.82 Å². The lowest BCUT2D eigenvalue weighted by molar-refractivity contribution is -0.348. The average Bonchev–Trinajstić information content (AvgIpc) is 2.79. The van der Waals surface area contributed by atoms with Crippen LogP contribution in [0.25, 0.3) is 11.1 Å². The van der Waals surface area contributed by atoms with Crippen molar-refractivity contribution in [3.8, 4) is 11.1 Å². The second-order valence-corrected chi connectivity index (χ2v) is 9.24. The van der Waals surface area contributed by atoms with Crippen LogP contribution in [0.5, 0.6) is 0 Å². The van der Waals surface area contributed by atoms with Gasteiger partial charge in [-0.2, -0.15) is 26.3 Å². The first-order chi connectivity index (χ1) is 17.0. The molecule has 3 aromatic carbocycles. The molecule has 0 aromatic heterocycles. The summed E-state index contributed by atoms with van der Waals surface area (Å²) in [6.45, 7) is 0. The molecule has 3 rings (SSSR count). The maximum absolute atomic E-state index is 15.2. The van der Waals surface area contributed by atoms with Crippen LogP contribution in [-0.2, 0) is 5.67 Å². The van der Waals surface area contributed by atoms with Crippen LogP contribution in [0.2, 0.25) is 0 Å². The molecular formula is C23H12Br2F8N2O2. The molecule has 0 aliphatic carbocycles. The van der Waals surface area contributed by atoms with Gasteiger partial charge in [0.2, 0.25) is 5.91 Å². The topological polar surface area (TPSA) is 72.2 Å². The van der Waals surface area contributed by atoms with Gasteiger partial charge in [0.25, 0.3) is 5.91 Å². The van der Waals surface area contributed by atoms with Crippen LogP contribution in [-0.4, -0.2) is 24.2 Å². The van der Waals surface area contributed by atoms with Crippen LogP contribution in [0.1, 0.15) is 26.3 Å². The Hall–Kier alpha value is -3.00. The van der Waals surface area contributed by atoms with E-state index in [0.29, 0.717) is 0 Å². The fourth-order valence-corrected chi connectivity index (χ4v) is 4.72. The SMILES string of the molecule is NC(=O)c1cccc(-c2cccc(C(=O)Nc3c(Br)cc(C(F)(C(F)(F)F)C(F)(F)F)cc3Br)c2F)c1. The minimum Gasteiger partial charge on any atom is -0.366 e. The van der Waals surface area contributed by atoms with Crippen molar-refractivity contribution in [3.05, 3.63) is 86.1 Å². The van der Waals surface area contributed by atoms with Crippen molar-refractivity contribution < 1.29 is 44.7 Å². The van der Waals surface area contributed by atoms with E-state index in [1.54, 1.807) is 0 Å². The van der Waals surface area contributed by atoms with Crippen molar-refractivity contribution in [2.45, 2.75) is 18.0 Å². The summed E-state index contributed by atoms with van der Waals surface area (Å²) in [6, 6.07) is 9.67. The number of nitrogens with one attached hydrogen (secondary N) is 1. The summed E-state index contributed by atoms with van der Waals surface area (Å²) in [5.41, 5.74) is -3.03. The maximum Gasteiger partial charge on any atom is 0.435 e. The molecule has 0 spiro atoms. The molecule has 0 fully saturated rings. The zero-order chi connectivity index (χ0) is 27.9. The lowest BCUT2D eigenvalue weighted by Gasteiger charge is -2.31. The zero-order valence-electron chi connectivity index (χ0n) is 17.9. The number of amides is 2. The molecule has 0 aliphatic heterocycles. The van der Waals surface area contributed by atoms with Crippen LogP contribution >= 0.6 is 31.9 Å². The molecule has 0 bridgehead atoms. The highest BCUT2D eigenvalue weighted by Gasteiger charge is 2.73. The number of rotatable bonds is 5. The number of hydrogen-bond donors (Lipinski definition) is 2. The first kappa shape index (κ1) is 28.6. The highest BCUT2D eigenvalue weighted by atomic mass is 79.9. The Morgan fingerprint density at radius 2 is 1.35 bits per heavy atom. The number of hydrogen-bond acceptors (Lipinski definition) is 2. The molecule has 3 aromatic rings. The van der Waals surface area contributed by atoms with Gasteiger partial charge in [-0.3, -0.25) is 9.59 Å². The van der Waals surface area contributed by atoms with E-state index in [9.17, 15) is 40.3 Å². The highest BCUT2D eigenvalue weighted by Crippen LogP contribution is 2.54. The minimum absolute atomic E-state index is 0.0707. The molecule has 0 atom stereocenters. The fourth-order valence-electron chi connectivity index (χ4n) is 3.33. The summed E-state index contributed by atoms with van der Waals surface area (Å²) in [4.78, 5) is 24.2. The van der Waals surface area contributed by atoms with E-state index in [2.05, 4.69) is 37.2 Å². The van der Waals surface area contributed by atoms with Crippen LogP contribution in [0, 0.1) is 5.82 Å². The monoisotopic (exact) mass is 658 g/mol. The summed E-state index contributed by atoms with van der Waals surface area (Å²) < 4.78 is 107. The van der Waals surface area contributed by atoms with Crippen LogP contribution in [0.4, 0.5) is 40.8 Å². The minimum atomic E-state index is -6.34. The van der Waals surface area contributed by atoms with Crippen LogP contribution in [0.15, 0.2) is 63.5 Å². The van der Waals surface area contributed by atoms with Crippen molar-refractivity contribution >= 4 is 49.4 Å². The van der Waals surface area contributed by atoms with Gasteiger partial charge < -0.3 is 11.1 Å². The second kappa shape index (κ2) is 10.0. The Morgan fingerprint density at radius 1 is 0.811 bits per heavy atom. The standard InChI is InChI=1S/C23H12Br2F8N2O2/c24-15-8-12(21(27,22(28,29)30)23(31,32)33)9-16(25)18(15)35-20(37)14-6-2-5-13(17(14)26)10-3-1-4-11(7-10)19(34)36/h1-9H,(H2,34,36)(H,35,37). The molecule has 0 radical (unpaired) electrons. The molecule has 37 heavy (non-hydrogen) atoms. The number of primary amides is 1. The molecule has 0 saturated heterocycles. The van der Waals surface area contributed by atoms with E-state index in [-0.39, 0.29) is 34.5 Å². The molecule has 14 heteroatoms. The molecule has 0 aliphatic rings. The third kappa shape index (κ3) is 5.35. The summed E-state index contributed by atoms with van der Waals surface area (Å²) >= 11 is 5.47. The first-order valence-corrected chi connectivity index (χ1v) is 11.4. The first-order valence-electron chi connectivity index (χ1n) is 9.81. The van der Waals surface area contributed by atoms with Gasteiger partial charge >= 0.3 is 18.0 Å². The van der Waals surface area contributed by atoms with Crippen LogP contribution < -0.4 is 11.1 Å². The number of nitrogens with two attached hydrogens (primary N) is 1. The Morgan fingerprint density at radius 3 is 1.86 bits per heavy atom. The Bertz CT molecular complexity index is 1350. The molecule has 0 saturated carbocycles. The highest BCUT2D eigenvalue weighted by molar-refractivity contribution is 9.11. The molecular weight excluding hydrogens is 648 g/mol. The number of benzene rings is 3. The van der Waals surface area contributed by atoms with Crippen molar-refractivity contribution in [2.75, 3.05) is 5.32 Å². The predicted octanol–water partition coefficient (Wildman–Crippen LogP) is 7.66. The number of alkyl halides is 7. The van der Waals surface area contributed by atoms with Crippen molar-refractivity contribution in [2.24, 2.45) is 5.73 Å². The largest absolute Gasteiger partial charge is 0.435 e. The van der Waals surface area contributed by atoms with E-state index in [0.717, 1.165) is 6.07 Å². The number of halogens is 10. The maximum atomic E-state index is 15.2.